The third-order valence-electron chi connectivity index (χ3n) is 4.44. The van der Waals surface area contributed by atoms with E-state index in [1.165, 1.54) is 32.1 Å². The van der Waals surface area contributed by atoms with Crippen molar-refractivity contribution in [3.63, 3.8) is 0 Å². The molecule has 1 fully saturated rings. The van der Waals surface area contributed by atoms with Crippen LogP contribution in [0.4, 0.5) is 0 Å². The summed E-state index contributed by atoms with van der Waals surface area (Å²) in [7, 11) is 0. The number of aliphatic hydroxyl groups is 1. The molecule has 100 valence electrons. The fraction of sp³-hybridized carbons (Fsp3) is 0.688. The van der Waals surface area contributed by atoms with Gasteiger partial charge in [-0.05, 0) is 49.7 Å². The molecule has 1 atom stereocenters. The van der Waals surface area contributed by atoms with Crippen molar-refractivity contribution in [1.82, 2.24) is 4.98 Å². The van der Waals surface area contributed by atoms with Crippen LogP contribution in [0.2, 0.25) is 0 Å². The highest BCUT2D eigenvalue weighted by Gasteiger charge is 2.25. The quantitative estimate of drug-likeness (QED) is 0.862. The smallest absolute Gasteiger partial charge is 0.0572 e. The Morgan fingerprint density at radius 2 is 2.06 bits per heavy atom. The number of pyridine rings is 1. The fourth-order valence-electron chi connectivity index (χ4n) is 3.06. The molecule has 0 aromatic carbocycles. The van der Waals surface area contributed by atoms with Crippen LogP contribution in [-0.2, 0) is 6.42 Å². The van der Waals surface area contributed by atoms with Crippen molar-refractivity contribution in [2.24, 2.45) is 11.8 Å². The Morgan fingerprint density at radius 1 is 1.28 bits per heavy atom. The van der Waals surface area contributed by atoms with Gasteiger partial charge in [0.15, 0.2) is 0 Å². The van der Waals surface area contributed by atoms with Crippen LogP contribution in [0, 0.1) is 11.8 Å². The SMILES string of the molecule is CCC1CCC(C(O)CCc2ccccn2)CC1. The first-order chi connectivity index (χ1) is 8.79. The molecular weight excluding hydrogens is 222 g/mol. The highest BCUT2D eigenvalue weighted by Crippen LogP contribution is 2.33. The Morgan fingerprint density at radius 3 is 2.67 bits per heavy atom. The van der Waals surface area contributed by atoms with Gasteiger partial charge in [0.25, 0.3) is 0 Å². The van der Waals surface area contributed by atoms with Gasteiger partial charge in [-0.15, -0.1) is 0 Å². The molecular formula is C16H25NO. The zero-order valence-electron chi connectivity index (χ0n) is 11.4. The summed E-state index contributed by atoms with van der Waals surface area (Å²) in [5, 5.41) is 10.3. The molecule has 1 heterocycles. The van der Waals surface area contributed by atoms with Gasteiger partial charge >= 0.3 is 0 Å². The summed E-state index contributed by atoms with van der Waals surface area (Å²) in [6, 6.07) is 5.99. The van der Waals surface area contributed by atoms with Crippen LogP contribution in [0.1, 0.15) is 51.1 Å². The van der Waals surface area contributed by atoms with Gasteiger partial charge in [0.2, 0.25) is 0 Å². The van der Waals surface area contributed by atoms with Gasteiger partial charge in [-0.1, -0.05) is 32.3 Å². The number of hydrogen-bond acceptors (Lipinski definition) is 2. The molecule has 1 aliphatic carbocycles. The molecule has 1 aliphatic rings. The number of aliphatic hydroxyl groups excluding tert-OH is 1. The first kappa shape index (κ1) is 13.5. The minimum Gasteiger partial charge on any atom is -0.393 e. The lowest BCUT2D eigenvalue weighted by molar-refractivity contribution is 0.0664. The maximum absolute atomic E-state index is 10.3. The van der Waals surface area contributed by atoms with E-state index >= 15 is 0 Å². The molecule has 0 saturated heterocycles. The standard InChI is InChI=1S/C16H25NO/c1-2-13-6-8-14(9-7-13)16(18)11-10-15-5-3-4-12-17-15/h3-5,12-14,16,18H,2,6-11H2,1H3. The van der Waals surface area contributed by atoms with E-state index in [9.17, 15) is 5.11 Å². The second kappa shape index (κ2) is 6.89. The second-order valence-corrected chi connectivity index (χ2v) is 5.62. The van der Waals surface area contributed by atoms with Crippen LogP contribution >= 0.6 is 0 Å². The normalized spacial score (nSPS) is 25.9. The van der Waals surface area contributed by atoms with Gasteiger partial charge in [0, 0.05) is 11.9 Å². The number of nitrogens with zero attached hydrogens (tertiary/aromatic N) is 1. The Bertz CT molecular complexity index is 330. The molecule has 1 aromatic rings. The van der Waals surface area contributed by atoms with Crippen LogP contribution in [0.25, 0.3) is 0 Å². The minimum absolute atomic E-state index is 0.134. The first-order valence-corrected chi connectivity index (χ1v) is 7.37. The molecule has 2 heteroatoms. The molecule has 0 spiro atoms. The summed E-state index contributed by atoms with van der Waals surface area (Å²) in [5.41, 5.74) is 1.10. The van der Waals surface area contributed by atoms with Gasteiger partial charge in [-0.3, -0.25) is 4.98 Å². The maximum atomic E-state index is 10.3. The predicted octanol–water partition coefficient (Wildman–Crippen LogP) is 3.59. The van der Waals surface area contributed by atoms with E-state index < -0.39 is 0 Å². The second-order valence-electron chi connectivity index (χ2n) is 5.62. The van der Waals surface area contributed by atoms with Crippen molar-refractivity contribution >= 4 is 0 Å². The summed E-state index contributed by atoms with van der Waals surface area (Å²) >= 11 is 0. The van der Waals surface area contributed by atoms with Crippen LogP contribution in [-0.4, -0.2) is 16.2 Å². The van der Waals surface area contributed by atoms with Gasteiger partial charge in [0.1, 0.15) is 0 Å². The van der Waals surface area contributed by atoms with E-state index in [0.29, 0.717) is 5.92 Å². The molecule has 0 aliphatic heterocycles. The van der Waals surface area contributed by atoms with Crippen molar-refractivity contribution in [1.29, 1.82) is 0 Å². The zero-order valence-corrected chi connectivity index (χ0v) is 11.4. The number of hydrogen-bond donors (Lipinski definition) is 1. The van der Waals surface area contributed by atoms with E-state index in [0.717, 1.165) is 24.5 Å². The molecule has 1 unspecified atom stereocenters. The van der Waals surface area contributed by atoms with E-state index in [1.807, 2.05) is 24.4 Å². The van der Waals surface area contributed by atoms with Crippen LogP contribution < -0.4 is 0 Å². The van der Waals surface area contributed by atoms with Crippen molar-refractivity contribution in [3.05, 3.63) is 30.1 Å². The fourth-order valence-corrected chi connectivity index (χ4v) is 3.06. The highest BCUT2D eigenvalue weighted by molar-refractivity contribution is 5.03. The summed E-state index contributed by atoms with van der Waals surface area (Å²) in [5.74, 6) is 1.43. The summed E-state index contributed by atoms with van der Waals surface area (Å²) < 4.78 is 0. The van der Waals surface area contributed by atoms with Gasteiger partial charge in [-0.2, -0.15) is 0 Å². The van der Waals surface area contributed by atoms with E-state index in [-0.39, 0.29) is 6.10 Å². The topological polar surface area (TPSA) is 33.1 Å². The van der Waals surface area contributed by atoms with Crippen LogP contribution in [0.5, 0.6) is 0 Å². The summed E-state index contributed by atoms with van der Waals surface area (Å²) in [6.45, 7) is 2.28. The maximum Gasteiger partial charge on any atom is 0.0572 e. The van der Waals surface area contributed by atoms with Crippen molar-refractivity contribution < 1.29 is 5.11 Å². The molecule has 2 rings (SSSR count). The molecule has 0 amide bonds. The third-order valence-corrected chi connectivity index (χ3v) is 4.44. The minimum atomic E-state index is -0.134. The number of aromatic nitrogens is 1. The number of rotatable bonds is 5. The number of aryl methyl sites for hydroxylation is 1. The van der Waals surface area contributed by atoms with E-state index in [1.54, 1.807) is 0 Å². The molecule has 1 N–H and O–H groups in total. The van der Waals surface area contributed by atoms with Crippen molar-refractivity contribution in [3.8, 4) is 0 Å². The van der Waals surface area contributed by atoms with Crippen molar-refractivity contribution in [2.75, 3.05) is 0 Å². The Kier molecular flexibility index (Phi) is 5.18. The Hall–Kier alpha value is -0.890. The zero-order chi connectivity index (χ0) is 12.8. The highest BCUT2D eigenvalue weighted by atomic mass is 16.3. The molecule has 0 bridgehead atoms. The van der Waals surface area contributed by atoms with Gasteiger partial charge < -0.3 is 5.11 Å². The van der Waals surface area contributed by atoms with E-state index in [4.69, 9.17) is 0 Å². The van der Waals surface area contributed by atoms with Crippen LogP contribution in [0.3, 0.4) is 0 Å². The molecule has 18 heavy (non-hydrogen) atoms. The lowest BCUT2D eigenvalue weighted by atomic mass is 9.77. The molecule has 1 aromatic heterocycles. The molecule has 0 radical (unpaired) electrons. The lowest BCUT2D eigenvalue weighted by Crippen LogP contribution is -2.26. The monoisotopic (exact) mass is 247 g/mol. The largest absolute Gasteiger partial charge is 0.393 e. The van der Waals surface area contributed by atoms with Crippen molar-refractivity contribution in [2.45, 2.75) is 58.0 Å². The third kappa shape index (κ3) is 3.81. The van der Waals surface area contributed by atoms with Gasteiger partial charge in [-0.25, -0.2) is 0 Å². The van der Waals surface area contributed by atoms with E-state index in [2.05, 4.69) is 11.9 Å². The Labute approximate surface area is 110 Å². The van der Waals surface area contributed by atoms with Gasteiger partial charge in [0.05, 0.1) is 6.10 Å². The summed E-state index contributed by atoms with van der Waals surface area (Å²) in [6.07, 6.45) is 9.79. The lowest BCUT2D eigenvalue weighted by Gasteiger charge is -2.31. The average Bonchev–Trinajstić information content (AvgIpc) is 2.46. The molecule has 2 nitrogen and oxygen atoms in total. The Balaban J connectivity index is 1.73. The summed E-state index contributed by atoms with van der Waals surface area (Å²) in [4.78, 5) is 4.31. The average molecular weight is 247 g/mol. The first-order valence-electron chi connectivity index (χ1n) is 7.37. The van der Waals surface area contributed by atoms with Crippen LogP contribution in [0.15, 0.2) is 24.4 Å². The predicted molar refractivity (Wildman–Crippen MR) is 74.3 cm³/mol. The molecule has 1 saturated carbocycles.